The van der Waals surface area contributed by atoms with Crippen molar-refractivity contribution < 1.29 is 9.59 Å². The summed E-state index contributed by atoms with van der Waals surface area (Å²) in [6, 6.07) is -0.104. The van der Waals surface area contributed by atoms with Crippen LogP contribution in [0.15, 0.2) is 0 Å². The lowest BCUT2D eigenvalue weighted by Crippen LogP contribution is -2.44. The van der Waals surface area contributed by atoms with Crippen molar-refractivity contribution in [2.45, 2.75) is 129 Å². The highest BCUT2D eigenvalue weighted by Gasteiger charge is 2.15. The zero-order valence-corrected chi connectivity index (χ0v) is 21.3. The zero-order valence-electron chi connectivity index (χ0n) is 21.3. The Morgan fingerprint density at radius 3 is 1.84 bits per heavy atom. The standard InChI is InChI=1S/C26H54N4O2/c1-3-5-6-7-8-9-10-11-14-20-25(31)29-22-17-12-13-18-23-30-26(32)24(28-4-2)19-15-16-21-27/h24,28H,3-23,27H2,1-2H3,(H,29,31)(H,30,32). The number of hydrogen-bond donors (Lipinski definition) is 4. The zero-order chi connectivity index (χ0) is 23.7. The van der Waals surface area contributed by atoms with Crippen molar-refractivity contribution in [3.63, 3.8) is 0 Å². The molecular weight excluding hydrogens is 400 g/mol. The van der Waals surface area contributed by atoms with Gasteiger partial charge in [0, 0.05) is 19.5 Å². The highest BCUT2D eigenvalue weighted by molar-refractivity contribution is 5.81. The Balaban J connectivity index is 3.49. The van der Waals surface area contributed by atoms with Crippen molar-refractivity contribution in [1.82, 2.24) is 16.0 Å². The summed E-state index contributed by atoms with van der Waals surface area (Å²) in [7, 11) is 0. The maximum absolute atomic E-state index is 12.3. The summed E-state index contributed by atoms with van der Waals surface area (Å²) in [5, 5.41) is 9.36. The van der Waals surface area contributed by atoms with Gasteiger partial charge in [0.15, 0.2) is 0 Å². The summed E-state index contributed by atoms with van der Waals surface area (Å²) >= 11 is 0. The molecule has 0 aromatic heterocycles. The highest BCUT2D eigenvalue weighted by Crippen LogP contribution is 2.10. The Morgan fingerprint density at radius 1 is 0.688 bits per heavy atom. The summed E-state index contributed by atoms with van der Waals surface area (Å²) in [6.07, 6.45) is 19.1. The molecule has 5 N–H and O–H groups in total. The molecule has 0 radical (unpaired) electrons. The Bertz CT molecular complexity index is 432. The molecule has 0 bridgehead atoms. The van der Waals surface area contributed by atoms with Gasteiger partial charge in [-0.15, -0.1) is 0 Å². The molecule has 0 aliphatic rings. The molecule has 0 aromatic carbocycles. The van der Waals surface area contributed by atoms with E-state index in [-0.39, 0.29) is 17.9 Å². The molecule has 0 heterocycles. The van der Waals surface area contributed by atoms with Crippen LogP contribution in [0.3, 0.4) is 0 Å². The van der Waals surface area contributed by atoms with E-state index in [0.29, 0.717) is 13.0 Å². The van der Waals surface area contributed by atoms with Crippen LogP contribution in [0.25, 0.3) is 0 Å². The summed E-state index contributed by atoms with van der Waals surface area (Å²) in [4.78, 5) is 24.2. The third-order valence-corrected chi connectivity index (χ3v) is 5.95. The van der Waals surface area contributed by atoms with Crippen molar-refractivity contribution in [2.75, 3.05) is 26.2 Å². The van der Waals surface area contributed by atoms with Gasteiger partial charge in [-0.05, 0) is 45.2 Å². The van der Waals surface area contributed by atoms with E-state index < -0.39 is 0 Å². The van der Waals surface area contributed by atoms with Crippen LogP contribution in [0.4, 0.5) is 0 Å². The van der Waals surface area contributed by atoms with Gasteiger partial charge in [-0.2, -0.15) is 0 Å². The van der Waals surface area contributed by atoms with Gasteiger partial charge in [-0.25, -0.2) is 0 Å². The quantitative estimate of drug-likeness (QED) is 0.157. The molecule has 0 spiro atoms. The first-order valence-corrected chi connectivity index (χ1v) is 13.6. The lowest BCUT2D eigenvalue weighted by atomic mass is 10.1. The predicted molar refractivity (Wildman–Crippen MR) is 137 cm³/mol. The lowest BCUT2D eigenvalue weighted by molar-refractivity contribution is -0.123. The topological polar surface area (TPSA) is 96.2 Å². The second-order valence-electron chi connectivity index (χ2n) is 9.03. The first-order valence-electron chi connectivity index (χ1n) is 13.6. The minimum Gasteiger partial charge on any atom is -0.356 e. The summed E-state index contributed by atoms with van der Waals surface area (Å²) in [6.45, 7) is 7.25. The van der Waals surface area contributed by atoms with Crippen LogP contribution in [-0.2, 0) is 9.59 Å². The van der Waals surface area contributed by atoms with Gasteiger partial charge in [0.1, 0.15) is 0 Å². The lowest BCUT2D eigenvalue weighted by Gasteiger charge is -2.17. The van der Waals surface area contributed by atoms with Gasteiger partial charge in [-0.1, -0.05) is 84.5 Å². The normalized spacial score (nSPS) is 12.0. The summed E-state index contributed by atoms with van der Waals surface area (Å²) < 4.78 is 0. The molecule has 0 rings (SSSR count). The third-order valence-electron chi connectivity index (χ3n) is 5.95. The van der Waals surface area contributed by atoms with E-state index in [2.05, 4.69) is 22.9 Å². The van der Waals surface area contributed by atoms with Crippen molar-refractivity contribution in [2.24, 2.45) is 5.73 Å². The number of nitrogens with one attached hydrogen (secondary N) is 3. The fourth-order valence-electron chi connectivity index (χ4n) is 3.92. The first-order chi connectivity index (χ1) is 15.7. The smallest absolute Gasteiger partial charge is 0.237 e. The van der Waals surface area contributed by atoms with E-state index in [4.69, 9.17) is 5.73 Å². The van der Waals surface area contributed by atoms with Crippen LogP contribution in [0.1, 0.15) is 123 Å². The largest absolute Gasteiger partial charge is 0.356 e. The molecule has 190 valence electrons. The first kappa shape index (κ1) is 30.9. The van der Waals surface area contributed by atoms with Gasteiger partial charge in [0.2, 0.25) is 11.8 Å². The third kappa shape index (κ3) is 20.7. The van der Waals surface area contributed by atoms with Crippen LogP contribution < -0.4 is 21.7 Å². The van der Waals surface area contributed by atoms with E-state index in [1.54, 1.807) is 0 Å². The molecule has 2 amide bonds. The van der Waals surface area contributed by atoms with Crippen molar-refractivity contribution in [3.8, 4) is 0 Å². The molecule has 6 nitrogen and oxygen atoms in total. The van der Waals surface area contributed by atoms with E-state index in [1.807, 2.05) is 6.92 Å². The Kier molecular flexibility index (Phi) is 23.6. The Morgan fingerprint density at radius 2 is 1.25 bits per heavy atom. The maximum atomic E-state index is 12.3. The van der Waals surface area contributed by atoms with Crippen LogP contribution in [-0.4, -0.2) is 44.0 Å². The number of nitrogens with two attached hydrogens (primary N) is 1. The molecular formula is C26H54N4O2. The van der Waals surface area contributed by atoms with Crippen molar-refractivity contribution in [3.05, 3.63) is 0 Å². The van der Waals surface area contributed by atoms with Gasteiger partial charge >= 0.3 is 0 Å². The fraction of sp³-hybridized carbons (Fsp3) is 0.923. The molecule has 0 aliphatic heterocycles. The number of carbonyl (C=O) groups excluding carboxylic acids is 2. The number of hydrogen-bond acceptors (Lipinski definition) is 4. The van der Waals surface area contributed by atoms with E-state index in [1.165, 1.54) is 51.4 Å². The molecule has 0 fully saturated rings. The SMILES string of the molecule is CCCCCCCCCCCC(=O)NCCCCCCNC(=O)C(CCCCN)NCC. The minimum absolute atomic E-state index is 0.104. The van der Waals surface area contributed by atoms with Crippen LogP contribution >= 0.6 is 0 Å². The number of carbonyl (C=O) groups is 2. The average Bonchev–Trinajstić information content (AvgIpc) is 2.79. The van der Waals surface area contributed by atoms with Crippen LogP contribution in [0.2, 0.25) is 0 Å². The monoisotopic (exact) mass is 454 g/mol. The number of amides is 2. The van der Waals surface area contributed by atoms with Crippen LogP contribution in [0.5, 0.6) is 0 Å². The van der Waals surface area contributed by atoms with E-state index in [0.717, 1.165) is 71.0 Å². The summed E-state index contributed by atoms with van der Waals surface area (Å²) in [5.41, 5.74) is 5.54. The van der Waals surface area contributed by atoms with Crippen molar-refractivity contribution >= 4 is 11.8 Å². The molecule has 6 heteroatoms. The van der Waals surface area contributed by atoms with Gasteiger partial charge < -0.3 is 21.7 Å². The molecule has 1 unspecified atom stereocenters. The maximum Gasteiger partial charge on any atom is 0.237 e. The molecule has 0 aromatic rings. The molecule has 32 heavy (non-hydrogen) atoms. The van der Waals surface area contributed by atoms with Crippen LogP contribution in [0, 0.1) is 0 Å². The Labute approximate surface area is 198 Å². The van der Waals surface area contributed by atoms with E-state index >= 15 is 0 Å². The van der Waals surface area contributed by atoms with Gasteiger partial charge in [-0.3, -0.25) is 9.59 Å². The Hall–Kier alpha value is -1.14. The number of rotatable bonds is 24. The predicted octanol–water partition coefficient (Wildman–Crippen LogP) is 4.81. The molecule has 0 aliphatic carbocycles. The van der Waals surface area contributed by atoms with Crippen molar-refractivity contribution in [1.29, 1.82) is 0 Å². The minimum atomic E-state index is -0.104. The average molecular weight is 455 g/mol. The fourth-order valence-corrected chi connectivity index (χ4v) is 3.92. The summed E-state index contributed by atoms with van der Waals surface area (Å²) in [5.74, 6) is 0.303. The van der Waals surface area contributed by atoms with Gasteiger partial charge in [0.25, 0.3) is 0 Å². The highest BCUT2D eigenvalue weighted by atomic mass is 16.2. The second kappa shape index (κ2) is 24.5. The second-order valence-corrected chi connectivity index (χ2v) is 9.03. The molecule has 0 saturated heterocycles. The number of likely N-dealkylation sites (N-methyl/N-ethyl adjacent to an activating group) is 1. The number of unbranched alkanes of at least 4 members (excludes halogenated alkanes) is 12. The van der Waals surface area contributed by atoms with Gasteiger partial charge in [0.05, 0.1) is 6.04 Å². The van der Waals surface area contributed by atoms with E-state index in [9.17, 15) is 9.59 Å². The molecule has 0 saturated carbocycles. The molecule has 1 atom stereocenters.